The zero-order chi connectivity index (χ0) is 20.7. The van der Waals surface area contributed by atoms with Gasteiger partial charge in [0.15, 0.2) is 0 Å². The van der Waals surface area contributed by atoms with E-state index in [4.69, 9.17) is 0 Å². The Morgan fingerprint density at radius 3 is 2.67 bits per heavy atom. The van der Waals surface area contributed by atoms with Gasteiger partial charge in [-0.15, -0.1) is 23.1 Å². The smallest absolute Gasteiger partial charge is 0.271 e. The summed E-state index contributed by atoms with van der Waals surface area (Å²) in [4.78, 5) is 32.1. The number of aromatic nitrogens is 2. The molecule has 2 aliphatic rings. The summed E-state index contributed by atoms with van der Waals surface area (Å²) >= 11 is 2.92. The average Bonchev–Trinajstić information content (AvgIpc) is 3.42. The lowest BCUT2D eigenvalue weighted by Crippen LogP contribution is -2.32. The van der Waals surface area contributed by atoms with E-state index < -0.39 is 0 Å². The fourth-order valence-corrected chi connectivity index (χ4v) is 6.46. The van der Waals surface area contributed by atoms with Gasteiger partial charge in [0, 0.05) is 6.54 Å². The Morgan fingerprint density at radius 1 is 1.17 bits per heavy atom. The Bertz CT molecular complexity index is 1150. The summed E-state index contributed by atoms with van der Waals surface area (Å²) in [6.07, 6.45) is 5.06. The fourth-order valence-electron chi connectivity index (χ4n) is 4.28. The monoisotopic (exact) mass is 440 g/mol. The standard InChI is InChI=1S/C22H24N4O2S2/c1-2-14-5-7-15(8-6-14)16(25-9-3-4-10-25)11-26-13-23-18-19-22(29-12-17(27)24-19)30-20(18)21(26)28/h5-8,13,16H,2-4,9-12H2,1H3,(H,24,27)/t16-/m1/s1. The Hall–Kier alpha value is -2.16. The lowest BCUT2D eigenvalue weighted by molar-refractivity contribution is -0.113. The molecule has 8 heteroatoms. The molecule has 5 rings (SSSR count). The number of likely N-dealkylation sites (tertiary alicyclic amines) is 1. The number of nitrogens with zero attached hydrogens (tertiary/aromatic N) is 3. The van der Waals surface area contributed by atoms with Crippen molar-refractivity contribution < 1.29 is 4.79 Å². The minimum absolute atomic E-state index is 0.0244. The van der Waals surface area contributed by atoms with E-state index in [9.17, 15) is 9.59 Å². The minimum atomic E-state index is -0.0391. The van der Waals surface area contributed by atoms with E-state index in [0.717, 1.165) is 23.7 Å². The maximum Gasteiger partial charge on any atom is 0.271 e. The minimum Gasteiger partial charge on any atom is -0.322 e. The highest BCUT2D eigenvalue weighted by Gasteiger charge is 2.27. The summed E-state index contributed by atoms with van der Waals surface area (Å²) in [6.45, 7) is 4.85. The molecule has 6 nitrogen and oxygen atoms in total. The van der Waals surface area contributed by atoms with Crippen LogP contribution in [0.1, 0.15) is 36.9 Å². The molecule has 30 heavy (non-hydrogen) atoms. The molecule has 156 valence electrons. The number of aryl methyl sites for hydroxylation is 1. The molecule has 0 spiro atoms. The quantitative estimate of drug-likeness (QED) is 0.652. The molecule has 1 aromatic carbocycles. The highest BCUT2D eigenvalue weighted by molar-refractivity contribution is 8.02. The second kappa shape index (κ2) is 8.17. The van der Waals surface area contributed by atoms with E-state index in [1.807, 2.05) is 0 Å². The van der Waals surface area contributed by atoms with Crippen LogP contribution in [0, 0.1) is 0 Å². The van der Waals surface area contributed by atoms with Crippen LogP contribution in [0.2, 0.25) is 0 Å². The van der Waals surface area contributed by atoms with Crippen molar-refractivity contribution in [3.8, 4) is 0 Å². The van der Waals surface area contributed by atoms with Crippen LogP contribution in [0.25, 0.3) is 10.2 Å². The third-order valence-corrected chi connectivity index (χ3v) is 8.39. The van der Waals surface area contributed by atoms with E-state index in [1.165, 1.54) is 47.1 Å². The van der Waals surface area contributed by atoms with Gasteiger partial charge in [0.1, 0.15) is 10.2 Å². The Labute approximate surface area is 183 Å². The summed E-state index contributed by atoms with van der Waals surface area (Å²) in [5.41, 5.74) is 3.86. The first-order chi connectivity index (χ1) is 14.6. The van der Waals surface area contributed by atoms with Crippen LogP contribution < -0.4 is 10.9 Å². The van der Waals surface area contributed by atoms with Crippen LogP contribution in [0.4, 0.5) is 5.69 Å². The third kappa shape index (κ3) is 3.57. The number of hydrogen-bond acceptors (Lipinski definition) is 6. The zero-order valence-corrected chi connectivity index (χ0v) is 18.5. The van der Waals surface area contributed by atoms with Crippen LogP contribution in [0.5, 0.6) is 0 Å². The maximum absolute atomic E-state index is 13.3. The molecule has 3 aromatic rings. The summed E-state index contributed by atoms with van der Waals surface area (Å²) < 4.78 is 3.34. The lowest BCUT2D eigenvalue weighted by Gasteiger charge is -2.28. The van der Waals surface area contributed by atoms with Crippen molar-refractivity contribution in [2.45, 2.75) is 43.0 Å². The predicted molar refractivity (Wildman–Crippen MR) is 123 cm³/mol. The molecule has 0 saturated carbocycles. The van der Waals surface area contributed by atoms with Crippen LogP contribution in [0.15, 0.2) is 39.6 Å². The molecular weight excluding hydrogens is 416 g/mol. The van der Waals surface area contributed by atoms with E-state index in [-0.39, 0.29) is 17.5 Å². The number of amides is 1. The maximum atomic E-state index is 13.3. The number of anilines is 1. The Balaban J connectivity index is 1.51. The van der Waals surface area contributed by atoms with E-state index in [0.29, 0.717) is 28.2 Å². The summed E-state index contributed by atoms with van der Waals surface area (Å²) in [5, 5.41) is 2.88. The number of thioether (sulfide) groups is 1. The van der Waals surface area contributed by atoms with Gasteiger partial charge in [-0.2, -0.15) is 0 Å². The first kappa shape index (κ1) is 19.8. The van der Waals surface area contributed by atoms with Gasteiger partial charge in [-0.25, -0.2) is 4.98 Å². The van der Waals surface area contributed by atoms with Crippen molar-refractivity contribution in [2.24, 2.45) is 0 Å². The van der Waals surface area contributed by atoms with Gasteiger partial charge in [-0.05, 0) is 43.5 Å². The Morgan fingerprint density at radius 2 is 1.93 bits per heavy atom. The SMILES string of the molecule is CCc1ccc([C@@H](Cn2cnc3c4c(sc3c2=O)SCC(=O)N4)N2CCCC2)cc1. The molecule has 4 heterocycles. The van der Waals surface area contributed by atoms with E-state index in [2.05, 4.69) is 46.4 Å². The topological polar surface area (TPSA) is 67.2 Å². The number of rotatable bonds is 5. The van der Waals surface area contributed by atoms with E-state index >= 15 is 0 Å². The molecule has 0 unspecified atom stereocenters. The number of carbonyl (C=O) groups excluding carboxylic acids is 1. The number of thiophene rings is 1. The molecule has 1 saturated heterocycles. The van der Waals surface area contributed by atoms with Crippen molar-refractivity contribution >= 4 is 44.9 Å². The molecule has 2 aromatic heterocycles. The summed E-state index contributed by atoms with van der Waals surface area (Å²) in [6, 6.07) is 8.94. The summed E-state index contributed by atoms with van der Waals surface area (Å²) in [7, 11) is 0. The largest absolute Gasteiger partial charge is 0.322 e. The fraction of sp³-hybridized carbons (Fsp3) is 0.409. The van der Waals surface area contributed by atoms with Gasteiger partial charge in [-0.3, -0.25) is 19.1 Å². The van der Waals surface area contributed by atoms with Gasteiger partial charge in [-0.1, -0.05) is 31.2 Å². The molecule has 1 N–H and O–H groups in total. The number of carbonyl (C=O) groups is 1. The first-order valence-corrected chi connectivity index (χ1v) is 12.2. The second-order valence-corrected chi connectivity index (χ2v) is 10.1. The van der Waals surface area contributed by atoms with Crippen molar-refractivity contribution in [2.75, 3.05) is 24.2 Å². The van der Waals surface area contributed by atoms with Crippen LogP contribution in [0.3, 0.4) is 0 Å². The number of nitrogens with one attached hydrogen (secondary N) is 1. The molecule has 1 fully saturated rings. The number of benzene rings is 1. The molecule has 2 aliphatic heterocycles. The van der Waals surface area contributed by atoms with Crippen molar-refractivity contribution in [1.29, 1.82) is 0 Å². The zero-order valence-electron chi connectivity index (χ0n) is 16.9. The highest BCUT2D eigenvalue weighted by Crippen LogP contribution is 2.42. The normalized spacial score (nSPS) is 17.8. The van der Waals surface area contributed by atoms with Gasteiger partial charge < -0.3 is 5.32 Å². The molecular formula is C22H24N4O2S2. The van der Waals surface area contributed by atoms with E-state index in [1.54, 1.807) is 10.9 Å². The van der Waals surface area contributed by atoms with Crippen molar-refractivity contribution in [1.82, 2.24) is 14.5 Å². The molecule has 0 aliphatic carbocycles. The van der Waals surface area contributed by atoms with Gasteiger partial charge in [0.25, 0.3) is 5.56 Å². The van der Waals surface area contributed by atoms with Crippen LogP contribution >= 0.6 is 23.1 Å². The van der Waals surface area contributed by atoms with Crippen molar-refractivity contribution in [3.05, 3.63) is 52.1 Å². The Kier molecular flexibility index (Phi) is 5.39. The van der Waals surface area contributed by atoms with Crippen LogP contribution in [-0.4, -0.2) is 39.2 Å². The van der Waals surface area contributed by atoms with Crippen molar-refractivity contribution in [3.63, 3.8) is 0 Å². The molecule has 1 amide bonds. The van der Waals surface area contributed by atoms with Gasteiger partial charge >= 0.3 is 0 Å². The summed E-state index contributed by atoms with van der Waals surface area (Å²) in [5.74, 6) is 0.349. The highest BCUT2D eigenvalue weighted by atomic mass is 32.2. The van der Waals surface area contributed by atoms with Gasteiger partial charge in [0.05, 0.1) is 28.0 Å². The number of hydrogen-bond donors (Lipinski definition) is 1. The molecule has 0 radical (unpaired) electrons. The lowest BCUT2D eigenvalue weighted by atomic mass is 10.0. The van der Waals surface area contributed by atoms with Gasteiger partial charge in [0.2, 0.25) is 5.91 Å². The third-order valence-electron chi connectivity index (χ3n) is 5.95. The number of fused-ring (bicyclic) bond motifs is 3. The average molecular weight is 441 g/mol. The molecule has 1 atom stereocenters. The van der Waals surface area contributed by atoms with Crippen LogP contribution in [-0.2, 0) is 17.8 Å². The molecule has 0 bridgehead atoms. The first-order valence-electron chi connectivity index (χ1n) is 10.4. The predicted octanol–water partition coefficient (Wildman–Crippen LogP) is 3.90. The second-order valence-electron chi connectivity index (χ2n) is 7.84.